The van der Waals surface area contributed by atoms with Crippen LogP contribution in [0, 0.1) is 0 Å². The standard InChI is InChI=1S/C30H45ClN2O3/c1-2-3-4-11-22-36-27-18-16-25(17-19-27)29(30(35)32-26-14-9-6-10-15-26)33(28(34)23-31)21-20-24-12-7-5-8-13-24/h12,16-19,26,29H,2-11,13-15,20-23H2,1H3,(H,32,35)/t29-/m1/s1. The van der Waals surface area contributed by atoms with Gasteiger partial charge in [-0.05, 0) is 69.1 Å². The van der Waals surface area contributed by atoms with E-state index < -0.39 is 6.04 Å². The van der Waals surface area contributed by atoms with E-state index in [1.807, 2.05) is 24.3 Å². The zero-order valence-corrected chi connectivity index (χ0v) is 22.9. The predicted molar refractivity (Wildman–Crippen MR) is 147 cm³/mol. The van der Waals surface area contributed by atoms with Gasteiger partial charge in [-0.25, -0.2) is 0 Å². The van der Waals surface area contributed by atoms with E-state index in [1.54, 1.807) is 4.90 Å². The van der Waals surface area contributed by atoms with Crippen LogP contribution in [0.2, 0.25) is 0 Å². The summed E-state index contributed by atoms with van der Waals surface area (Å²) in [5, 5.41) is 3.26. The fourth-order valence-corrected chi connectivity index (χ4v) is 5.49. The van der Waals surface area contributed by atoms with E-state index >= 15 is 0 Å². The summed E-state index contributed by atoms with van der Waals surface area (Å²) >= 11 is 6.06. The molecule has 0 aromatic heterocycles. The summed E-state index contributed by atoms with van der Waals surface area (Å²) in [6.07, 6.45) is 17.8. The molecule has 1 atom stereocenters. The third-order valence-corrected chi connectivity index (χ3v) is 7.70. The van der Waals surface area contributed by atoms with Gasteiger partial charge in [0.15, 0.2) is 0 Å². The number of carbonyl (C=O) groups is 2. The van der Waals surface area contributed by atoms with Crippen LogP contribution in [-0.4, -0.2) is 41.8 Å². The second-order valence-corrected chi connectivity index (χ2v) is 10.6. The van der Waals surface area contributed by atoms with E-state index in [2.05, 4.69) is 18.3 Å². The number of nitrogens with zero attached hydrogens (tertiary/aromatic N) is 1. The molecule has 0 aliphatic heterocycles. The normalized spacial score (nSPS) is 17.2. The van der Waals surface area contributed by atoms with E-state index in [9.17, 15) is 9.59 Å². The molecule has 1 aromatic rings. The first kappa shape index (κ1) is 28.6. The smallest absolute Gasteiger partial charge is 0.247 e. The highest BCUT2D eigenvalue weighted by atomic mass is 35.5. The highest BCUT2D eigenvalue weighted by Gasteiger charge is 2.32. The summed E-state index contributed by atoms with van der Waals surface area (Å²) in [6.45, 7) is 3.39. The van der Waals surface area contributed by atoms with Crippen LogP contribution >= 0.6 is 11.6 Å². The number of benzene rings is 1. The van der Waals surface area contributed by atoms with Gasteiger partial charge in [0.05, 0.1) is 6.61 Å². The Morgan fingerprint density at radius 1 is 1.06 bits per heavy atom. The molecular formula is C30H45ClN2O3. The number of amides is 2. The SMILES string of the molecule is CCCCCCOc1ccc([C@H](C(=O)NC2CCCCC2)N(CCC2=CCCCC2)C(=O)CCl)cc1. The number of alkyl halides is 1. The molecule has 0 radical (unpaired) electrons. The van der Waals surface area contributed by atoms with Gasteiger partial charge in [-0.3, -0.25) is 9.59 Å². The number of halogens is 1. The Labute approximate surface area is 223 Å². The van der Waals surface area contributed by atoms with Gasteiger partial charge in [0.2, 0.25) is 11.8 Å². The number of rotatable bonds is 14. The molecule has 1 fully saturated rings. The second kappa shape index (κ2) is 16.0. The Morgan fingerprint density at radius 3 is 2.50 bits per heavy atom. The summed E-state index contributed by atoms with van der Waals surface area (Å²) in [6, 6.07) is 7.18. The quantitative estimate of drug-likeness (QED) is 0.163. The summed E-state index contributed by atoms with van der Waals surface area (Å²) in [5.41, 5.74) is 2.18. The Balaban J connectivity index is 1.76. The average molecular weight is 517 g/mol. The molecule has 5 nitrogen and oxygen atoms in total. The molecule has 6 heteroatoms. The minimum Gasteiger partial charge on any atom is -0.494 e. The monoisotopic (exact) mass is 516 g/mol. The van der Waals surface area contributed by atoms with E-state index in [4.69, 9.17) is 16.3 Å². The number of allylic oxidation sites excluding steroid dienone is 1. The van der Waals surface area contributed by atoms with Crippen molar-refractivity contribution in [2.24, 2.45) is 0 Å². The number of ether oxygens (including phenoxy) is 1. The van der Waals surface area contributed by atoms with Crippen molar-refractivity contribution < 1.29 is 14.3 Å². The lowest BCUT2D eigenvalue weighted by Crippen LogP contribution is -2.47. The zero-order chi connectivity index (χ0) is 25.6. The topological polar surface area (TPSA) is 58.6 Å². The Morgan fingerprint density at radius 2 is 1.83 bits per heavy atom. The van der Waals surface area contributed by atoms with Gasteiger partial charge in [0, 0.05) is 12.6 Å². The lowest BCUT2D eigenvalue weighted by molar-refractivity contribution is -0.139. The lowest BCUT2D eigenvalue weighted by Gasteiger charge is -2.33. The van der Waals surface area contributed by atoms with Crippen LogP contribution in [0.15, 0.2) is 35.9 Å². The average Bonchev–Trinajstić information content (AvgIpc) is 2.92. The van der Waals surface area contributed by atoms with Crippen molar-refractivity contribution in [3.05, 3.63) is 41.5 Å². The van der Waals surface area contributed by atoms with Crippen LogP contribution in [0.1, 0.15) is 108 Å². The van der Waals surface area contributed by atoms with Crippen molar-refractivity contribution in [1.82, 2.24) is 10.2 Å². The van der Waals surface area contributed by atoms with Crippen molar-refractivity contribution in [3.8, 4) is 5.75 Å². The maximum Gasteiger partial charge on any atom is 0.247 e. The summed E-state index contributed by atoms with van der Waals surface area (Å²) in [5.74, 6) is 0.356. The lowest BCUT2D eigenvalue weighted by atomic mass is 9.94. The van der Waals surface area contributed by atoms with Crippen LogP contribution in [0.4, 0.5) is 0 Å². The summed E-state index contributed by atoms with van der Waals surface area (Å²) < 4.78 is 5.92. The van der Waals surface area contributed by atoms with Crippen LogP contribution in [0.3, 0.4) is 0 Å². The Kier molecular flexibility index (Phi) is 12.7. The number of nitrogens with one attached hydrogen (secondary N) is 1. The number of hydrogen-bond acceptors (Lipinski definition) is 3. The highest BCUT2D eigenvalue weighted by Crippen LogP contribution is 2.28. The van der Waals surface area contributed by atoms with E-state index in [-0.39, 0.29) is 23.7 Å². The molecule has 2 amide bonds. The first-order chi connectivity index (χ1) is 17.6. The Hall–Kier alpha value is -2.01. The molecule has 0 heterocycles. The van der Waals surface area contributed by atoms with Crippen molar-refractivity contribution >= 4 is 23.4 Å². The van der Waals surface area contributed by atoms with Crippen LogP contribution in [-0.2, 0) is 9.59 Å². The molecule has 36 heavy (non-hydrogen) atoms. The van der Waals surface area contributed by atoms with Gasteiger partial charge >= 0.3 is 0 Å². The molecule has 2 aliphatic carbocycles. The van der Waals surface area contributed by atoms with Crippen molar-refractivity contribution in [3.63, 3.8) is 0 Å². The first-order valence-electron chi connectivity index (χ1n) is 14.2. The highest BCUT2D eigenvalue weighted by molar-refractivity contribution is 6.27. The number of hydrogen-bond donors (Lipinski definition) is 1. The number of carbonyl (C=O) groups excluding carboxylic acids is 2. The molecule has 3 rings (SSSR count). The third kappa shape index (κ3) is 9.14. The molecule has 2 aliphatic rings. The van der Waals surface area contributed by atoms with Gasteiger partial charge in [-0.15, -0.1) is 11.6 Å². The predicted octanol–water partition coefficient (Wildman–Crippen LogP) is 7.09. The minimum absolute atomic E-state index is 0.105. The zero-order valence-electron chi connectivity index (χ0n) is 22.1. The fourth-order valence-electron chi connectivity index (χ4n) is 5.34. The van der Waals surface area contributed by atoms with Gasteiger partial charge in [-0.2, -0.15) is 0 Å². The summed E-state index contributed by atoms with van der Waals surface area (Å²) in [7, 11) is 0. The fraction of sp³-hybridized carbons (Fsp3) is 0.667. The molecular weight excluding hydrogens is 472 g/mol. The molecule has 1 aromatic carbocycles. The first-order valence-corrected chi connectivity index (χ1v) is 14.7. The maximum atomic E-state index is 13.7. The van der Waals surface area contributed by atoms with Gasteiger partial charge in [0.25, 0.3) is 0 Å². The van der Waals surface area contributed by atoms with Gasteiger partial charge in [-0.1, -0.05) is 69.2 Å². The van der Waals surface area contributed by atoms with E-state index in [1.165, 1.54) is 44.1 Å². The number of unbranched alkanes of at least 4 members (excludes halogenated alkanes) is 3. The molecule has 0 unspecified atom stereocenters. The molecule has 0 saturated heterocycles. The van der Waals surface area contributed by atoms with E-state index in [0.29, 0.717) is 13.2 Å². The van der Waals surface area contributed by atoms with Crippen molar-refractivity contribution in [1.29, 1.82) is 0 Å². The molecule has 0 spiro atoms. The largest absolute Gasteiger partial charge is 0.494 e. The molecule has 0 bridgehead atoms. The van der Waals surface area contributed by atoms with Crippen LogP contribution < -0.4 is 10.1 Å². The van der Waals surface area contributed by atoms with Crippen LogP contribution in [0.5, 0.6) is 5.75 Å². The third-order valence-electron chi connectivity index (χ3n) is 7.47. The minimum atomic E-state index is -0.694. The van der Waals surface area contributed by atoms with Gasteiger partial charge < -0.3 is 15.0 Å². The Bertz CT molecular complexity index is 833. The van der Waals surface area contributed by atoms with Crippen molar-refractivity contribution in [2.75, 3.05) is 19.0 Å². The van der Waals surface area contributed by atoms with Crippen molar-refractivity contribution in [2.45, 2.75) is 109 Å². The van der Waals surface area contributed by atoms with E-state index in [0.717, 1.165) is 62.7 Å². The molecule has 200 valence electrons. The van der Waals surface area contributed by atoms with Crippen LogP contribution in [0.25, 0.3) is 0 Å². The maximum absolute atomic E-state index is 13.7. The molecule has 1 saturated carbocycles. The summed E-state index contributed by atoms with van der Waals surface area (Å²) in [4.78, 5) is 28.4. The second-order valence-electron chi connectivity index (χ2n) is 10.3. The van der Waals surface area contributed by atoms with Gasteiger partial charge in [0.1, 0.15) is 17.7 Å². The molecule has 1 N–H and O–H groups in total.